The van der Waals surface area contributed by atoms with Crippen molar-refractivity contribution in [2.75, 3.05) is 20.2 Å². The summed E-state index contributed by atoms with van der Waals surface area (Å²) >= 11 is 0. The van der Waals surface area contributed by atoms with E-state index < -0.39 is 5.97 Å². The summed E-state index contributed by atoms with van der Waals surface area (Å²) in [6.07, 6.45) is 2.75. The lowest BCUT2D eigenvalue weighted by molar-refractivity contribution is 0.0600. The highest BCUT2D eigenvalue weighted by Gasteiger charge is 2.29. The molecule has 0 N–H and O–H groups in total. The zero-order chi connectivity index (χ0) is 19.5. The van der Waals surface area contributed by atoms with Crippen LogP contribution < -0.4 is 0 Å². The monoisotopic (exact) mass is 376 g/mol. The summed E-state index contributed by atoms with van der Waals surface area (Å²) in [6, 6.07) is 16.5. The minimum absolute atomic E-state index is 0.0534. The van der Waals surface area contributed by atoms with E-state index in [-0.39, 0.29) is 11.9 Å². The van der Waals surface area contributed by atoms with Crippen LogP contribution in [-0.4, -0.2) is 52.0 Å². The summed E-state index contributed by atoms with van der Waals surface area (Å²) < 4.78 is 6.53. The van der Waals surface area contributed by atoms with E-state index >= 15 is 0 Å². The van der Waals surface area contributed by atoms with E-state index in [1.165, 1.54) is 7.11 Å². The molecule has 28 heavy (non-hydrogen) atoms. The van der Waals surface area contributed by atoms with Crippen LogP contribution in [0, 0.1) is 0 Å². The smallest absolute Gasteiger partial charge is 0.337 e. The van der Waals surface area contributed by atoms with E-state index in [1.54, 1.807) is 24.3 Å². The molecular formula is C21H20N4O3. The molecule has 1 aromatic heterocycles. The van der Waals surface area contributed by atoms with Crippen LogP contribution in [0.2, 0.25) is 0 Å². The third kappa shape index (κ3) is 3.51. The molecule has 142 valence electrons. The molecular weight excluding hydrogens is 356 g/mol. The molecule has 1 aliphatic rings. The van der Waals surface area contributed by atoms with Gasteiger partial charge in [-0.1, -0.05) is 35.5 Å². The van der Waals surface area contributed by atoms with Gasteiger partial charge in [-0.05, 0) is 30.7 Å². The highest BCUT2D eigenvalue weighted by Crippen LogP contribution is 2.24. The fraction of sp³-hybridized carbons (Fsp3) is 0.238. The molecule has 0 aliphatic carbocycles. The maximum Gasteiger partial charge on any atom is 0.337 e. The zero-order valence-corrected chi connectivity index (χ0v) is 15.5. The molecule has 7 nitrogen and oxygen atoms in total. The van der Waals surface area contributed by atoms with Gasteiger partial charge >= 0.3 is 5.97 Å². The third-order valence-electron chi connectivity index (χ3n) is 4.96. The molecule has 0 bridgehead atoms. The average molecular weight is 376 g/mol. The Morgan fingerprint density at radius 1 is 1.04 bits per heavy atom. The van der Waals surface area contributed by atoms with Crippen molar-refractivity contribution >= 4 is 11.9 Å². The Labute approximate surface area is 162 Å². The van der Waals surface area contributed by atoms with Crippen molar-refractivity contribution in [1.82, 2.24) is 19.9 Å². The fourth-order valence-electron chi connectivity index (χ4n) is 3.39. The topological polar surface area (TPSA) is 77.3 Å². The maximum atomic E-state index is 12.8. The number of amides is 1. The number of carbonyl (C=O) groups is 2. The molecule has 3 aromatic rings. The van der Waals surface area contributed by atoms with Crippen LogP contribution in [0.4, 0.5) is 0 Å². The lowest BCUT2D eigenvalue weighted by atomic mass is 10.1. The van der Waals surface area contributed by atoms with Crippen molar-refractivity contribution in [2.24, 2.45) is 0 Å². The van der Waals surface area contributed by atoms with Gasteiger partial charge in [-0.3, -0.25) is 4.79 Å². The SMILES string of the molecule is COC(=O)c1ccc(C(=O)N2CCC(n3cc(-c4ccccc4)nn3)C2)cc1. The molecule has 7 heteroatoms. The molecule has 2 aromatic carbocycles. The number of carbonyl (C=O) groups excluding carboxylic acids is 2. The van der Waals surface area contributed by atoms with Crippen molar-refractivity contribution in [3.05, 3.63) is 71.9 Å². The second kappa shape index (κ2) is 7.64. The van der Waals surface area contributed by atoms with Crippen molar-refractivity contribution < 1.29 is 14.3 Å². The van der Waals surface area contributed by atoms with Gasteiger partial charge in [0.15, 0.2) is 0 Å². The van der Waals surface area contributed by atoms with Gasteiger partial charge in [0.1, 0.15) is 5.69 Å². The Kier molecular flexibility index (Phi) is 4.89. The Bertz CT molecular complexity index is 982. The zero-order valence-electron chi connectivity index (χ0n) is 15.5. The third-order valence-corrected chi connectivity index (χ3v) is 4.96. The summed E-state index contributed by atoms with van der Waals surface area (Å²) in [7, 11) is 1.33. The molecule has 1 unspecified atom stereocenters. The first kappa shape index (κ1) is 17.9. The van der Waals surface area contributed by atoms with Crippen LogP contribution >= 0.6 is 0 Å². The maximum absolute atomic E-state index is 12.8. The van der Waals surface area contributed by atoms with Gasteiger partial charge in [-0.25, -0.2) is 9.48 Å². The summed E-state index contributed by atoms with van der Waals surface area (Å²) in [6.45, 7) is 1.23. The highest BCUT2D eigenvalue weighted by molar-refractivity contribution is 5.96. The minimum atomic E-state index is -0.416. The molecule has 1 saturated heterocycles. The Balaban J connectivity index is 1.43. The largest absolute Gasteiger partial charge is 0.465 e. The van der Waals surface area contributed by atoms with E-state index in [0.717, 1.165) is 17.7 Å². The van der Waals surface area contributed by atoms with Crippen molar-refractivity contribution in [3.63, 3.8) is 0 Å². The van der Waals surface area contributed by atoms with E-state index in [9.17, 15) is 9.59 Å². The van der Waals surface area contributed by atoms with Gasteiger partial charge in [-0.15, -0.1) is 5.10 Å². The van der Waals surface area contributed by atoms with Crippen molar-refractivity contribution in [2.45, 2.75) is 12.5 Å². The highest BCUT2D eigenvalue weighted by atomic mass is 16.5. The summed E-state index contributed by atoms with van der Waals surface area (Å²) in [5, 5.41) is 8.52. The second-order valence-electron chi connectivity index (χ2n) is 6.71. The van der Waals surface area contributed by atoms with Crippen molar-refractivity contribution in [1.29, 1.82) is 0 Å². The van der Waals surface area contributed by atoms with E-state index in [1.807, 2.05) is 46.1 Å². The molecule has 0 spiro atoms. The molecule has 1 amide bonds. The Morgan fingerprint density at radius 3 is 2.46 bits per heavy atom. The quantitative estimate of drug-likeness (QED) is 0.655. The lowest BCUT2D eigenvalue weighted by Gasteiger charge is -2.16. The van der Waals surface area contributed by atoms with E-state index in [0.29, 0.717) is 24.2 Å². The summed E-state index contributed by atoms with van der Waals surface area (Å²) in [4.78, 5) is 26.1. The van der Waals surface area contributed by atoms with Crippen LogP contribution in [0.5, 0.6) is 0 Å². The first-order chi connectivity index (χ1) is 13.7. The molecule has 4 rings (SSSR count). The molecule has 0 radical (unpaired) electrons. The van der Waals surface area contributed by atoms with Crippen LogP contribution in [-0.2, 0) is 4.74 Å². The first-order valence-corrected chi connectivity index (χ1v) is 9.10. The molecule has 1 fully saturated rings. The van der Waals surface area contributed by atoms with Crippen LogP contribution in [0.25, 0.3) is 11.3 Å². The summed E-state index contributed by atoms with van der Waals surface area (Å²) in [5.41, 5.74) is 2.82. The fourth-order valence-corrected chi connectivity index (χ4v) is 3.39. The number of likely N-dealkylation sites (tertiary alicyclic amines) is 1. The second-order valence-corrected chi connectivity index (χ2v) is 6.71. The van der Waals surface area contributed by atoms with Crippen LogP contribution in [0.3, 0.4) is 0 Å². The number of hydrogen-bond acceptors (Lipinski definition) is 5. The summed E-state index contributed by atoms with van der Waals surface area (Å²) in [5.74, 6) is -0.469. The van der Waals surface area contributed by atoms with Gasteiger partial charge in [0.05, 0.1) is 24.9 Å². The van der Waals surface area contributed by atoms with E-state index in [4.69, 9.17) is 0 Å². The van der Waals surface area contributed by atoms with Gasteiger partial charge in [-0.2, -0.15) is 0 Å². The number of nitrogens with zero attached hydrogens (tertiary/aromatic N) is 4. The predicted octanol–water partition coefficient (Wildman–Crippen LogP) is 2.82. The number of esters is 1. The van der Waals surface area contributed by atoms with Gasteiger partial charge in [0.25, 0.3) is 5.91 Å². The normalized spacial score (nSPS) is 16.2. The van der Waals surface area contributed by atoms with Crippen molar-refractivity contribution in [3.8, 4) is 11.3 Å². The molecule has 1 aliphatic heterocycles. The van der Waals surface area contributed by atoms with Gasteiger partial charge in [0, 0.05) is 24.2 Å². The minimum Gasteiger partial charge on any atom is -0.465 e. The molecule has 2 heterocycles. The number of rotatable bonds is 4. The van der Waals surface area contributed by atoms with Crippen LogP contribution in [0.1, 0.15) is 33.2 Å². The number of aromatic nitrogens is 3. The number of methoxy groups -OCH3 is 1. The average Bonchev–Trinajstić information content (AvgIpc) is 3.43. The number of benzene rings is 2. The van der Waals surface area contributed by atoms with E-state index in [2.05, 4.69) is 15.0 Å². The standard InChI is InChI=1S/C21H20N4O3/c1-28-21(27)17-9-7-16(8-10-17)20(26)24-12-11-18(13-24)25-14-19(22-23-25)15-5-3-2-4-6-15/h2-10,14,18H,11-13H2,1H3. The van der Waals surface area contributed by atoms with Crippen LogP contribution in [0.15, 0.2) is 60.8 Å². The Hall–Kier alpha value is -3.48. The number of hydrogen-bond donors (Lipinski definition) is 0. The van der Waals surface area contributed by atoms with Gasteiger partial charge < -0.3 is 9.64 Å². The molecule has 0 saturated carbocycles. The molecule has 1 atom stereocenters. The number of ether oxygens (including phenoxy) is 1. The van der Waals surface area contributed by atoms with Gasteiger partial charge in [0.2, 0.25) is 0 Å². The first-order valence-electron chi connectivity index (χ1n) is 9.10. The lowest BCUT2D eigenvalue weighted by Crippen LogP contribution is -2.29. The Morgan fingerprint density at radius 2 is 1.75 bits per heavy atom. The predicted molar refractivity (Wildman–Crippen MR) is 103 cm³/mol.